The van der Waals surface area contributed by atoms with Crippen LogP contribution in [0, 0.1) is 0 Å². The number of hydrogen-bond donors (Lipinski definition) is 2. The van der Waals surface area contributed by atoms with E-state index in [1.165, 1.54) is 12.8 Å². The minimum Gasteiger partial charge on any atom is -0.397 e. The zero-order valence-corrected chi connectivity index (χ0v) is 11.3. The first-order valence-electron chi connectivity index (χ1n) is 6.16. The molecule has 0 radical (unpaired) electrons. The lowest BCUT2D eigenvalue weighted by atomic mass is 10.1. The van der Waals surface area contributed by atoms with Crippen LogP contribution in [0.5, 0.6) is 0 Å². The highest BCUT2D eigenvalue weighted by atomic mass is 32.2. The van der Waals surface area contributed by atoms with Crippen LogP contribution in [-0.2, 0) is 0 Å². The van der Waals surface area contributed by atoms with Crippen LogP contribution in [0.1, 0.15) is 12.8 Å². The first-order chi connectivity index (χ1) is 8.74. The summed E-state index contributed by atoms with van der Waals surface area (Å²) >= 11 is 1.96. The number of thioether (sulfide) groups is 1. The van der Waals surface area contributed by atoms with Crippen molar-refractivity contribution >= 4 is 34.0 Å². The van der Waals surface area contributed by atoms with Gasteiger partial charge in [0.25, 0.3) is 0 Å². The van der Waals surface area contributed by atoms with Gasteiger partial charge in [0.1, 0.15) is 0 Å². The standard InChI is InChI=1S/C14H17N3S/c1-18-14(6-7-14)9-17-12-5-4-11(15)13-10(12)3-2-8-16-13/h2-5,8,17H,6-7,9,15H2,1H3. The number of hydrogen-bond acceptors (Lipinski definition) is 4. The molecule has 3 rings (SSSR count). The van der Waals surface area contributed by atoms with E-state index in [1.807, 2.05) is 23.9 Å². The van der Waals surface area contributed by atoms with E-state index in [-0.39, 0.29) is 0 Å². The van der Waals surface area contributed by atoms with Crippen LogP contribution in [0.2, 0.25) is 0 Å². The van der Waals surface area contributed by atoms with Gasteiger partial charge in [-0.1, -0.05) is 0 Å². The highest BCUT2D eigenvalue weighted by molar-refractivity contribution is 8.00. The van der Waals surface area contributed by atoms with Crippen LogP contribution in [0.3, 0.4) is 0 Å². The fourth-order valence-electron chi connectivity index (χ4n) is 2.20. The molecular weight excluding hydrogens is 242 g/mol. The summed E-state index contributed by atoms with van der Waals surface area (Å²) < 4.78 is 0.454. The van der Waals surface area contributed by atoms with Crippen molar-refractivity contribution in [2.75, 3.05) is 23.9 Å². The summed E-state index contributed by atoms with van der Waals surface area (Å²) in [6.45, 7) is 1.02. The first kappa shape index (κ1) is 11.7. The maximum absolute atomic E-state index is 5.95. The van der Waals surface area contributed by atoms with E-state index < -0.39 is 0 Å². The Labute approximate surface area is 111 Å². The molecule has 1 aliphatic rings. The maximum Gasteiger partial charge on any atom is 0.0951 e. The molecule has 0 aliphatic heterocycles. The quantitative estimate of drug-likeness (QED) is 0.828. The number of nitrogens with zero attached hydrogens (tertiary/aromatic N) is 1. The summed E-state index contributed by atoms with van der Waals surface area (Å²) in [6, 6.07) is 8.00. The molecule has 0 bridgehead atoms. The molecule has 0 amide bonds. The number of nitrogens with two attached hydrogens (primary N) is 1. The molecule has 94 valence electrons. The maximum atomic E-state index is 5.95. The lowest BCUT2D eigenvalue weighted by Gasteiger charge is -2.16. The summed E-state index contributed by atoms with van der Waals surface area (Å²) in [6.07, 6.45) is 6.60. The van der Waals surface area contributed by atoms with Gasteiger partial charge in [-0.05, 0) is 43.4 Å². The van der Waals surface area contributed by atoms with Crippen LogP contribution in [0.15, 0.2) is 30.5 Å². The summed E-state index contributed by atoms with van der Waals surface area (Å²) in [5, 5.41) is 4.66. The van der Waals surface area contributed by atoms with Gasteiger partial charge in [0.2, 0.25) is 0 Å². The Kier molecular flexibility index (Phi) is 2.82. The monoisotopic (exact) mass is 259 g/mol. The number of anilines is 2. The summed E-state index contributed by atoms with van der Waals surface area (Å²) in [5.41, 5.74) is 8.71. The van der Waals surface area contributed by atoms with Crippen molar-refractivity contribution in [3.8, 4) is 0 Å². The molecule has 1 saturated carbocycles. The third kappa shape index (κ3) is 2.01. The highest BCUT2D eigenvalue weighted by Crippen LogP contribution is 2.47. The lowest BCUT2D eigenvalue weighted by molar-refractivity contribution is 0.951. The van der Waals surface area contributed by atoms with Gasteiger partial charge in [-0.15, -0.1) is 0 Å². The molecule has 1 aromatic heterocycles. The Morgan fingerprint density at radius 2 is 2.22 bits per heavy atom. The fraction of sp³-hybridized carbons (Fsp3) is 0.357. The number of aromatic nitrogens is 1. The van der Waals surface area contributed by atoms with E-state index >= 15 is 0 Å². The van der Waals surface area contributed by atoms with Crippen molar-refractivity contribution in [1.29, 1.82) is 0 Å². The van der Waals surface area contributed by atoms with Gasteiger partial charge in [-0.2, -0.15) is 11.8 Å². The molecule has 0 unspecified atom stereocenters. The minimum absolute atomic E-state index is 0.454. The van der Waals surface area contributed by atoms with Crippen LogP contribution in [-0.4, -0.2) is 22.5 Å². The highest BCUT2D eigenvalue weighted by Gasteiger charge is 2.41. The Hall–Kier alpha value is -1.42. The molecule has 18 heavy (non-hydrogen) atoms. The predicted molar refractivity (Wildman–Crippen MR) is 80.1 cm³/mol. The predicted octanol–water partition coefficient (Wildman–Crippen LogP) is 3.12. The number of rotatable bonds is 4. The fourth-order valence-corrected chi connectivity index (χ4v) is 2.92. The van der Waals surface area contributed by atoms with E-state index in [2.05, 4.69) is 28.7 Å². The topological polar surface area (TPSA) is 50.9 Å². The average molecular weight is 259 g/mol. The molecule has 1 aromatic carbocycles. The van der Waals surface area contributed by atoms with Crippen LogP contribution in [0.25, 0.3) is 10.9 Å². The van der Waals surface area contributed by atoms with Gasteiger partial charge in [-0.3, -0.25) is 4.98 Å². The van der Waals surface area contributed by atoms with E-state index in [9.17, 15) is 0 Å². The number of pyridine rings is 1. The minimum atomic E-state index is 0.454. The third-order valence-electron chi connectivity index (χ3n) is 3.64. The second-order valence-corrected chi connectivity index (χ2v) is 6.12. The summed E-state index contributed by atoms with van der Waals surface area (Å²) in [5.74, 6) is 0. The summed E-state index contributed by atoms with van der Waals surface area (Å²) in [7, 11) is 0. The second-order valence-electron chi connectivity index (χ2n) is 4.84. The van der Waals surface area contributed by atoms with Crippen LogP contribution < -0.4 is 11.1 Å². The zero-order chi connectivity index (χ0) is 12.6. The SMILES string of the molecule is CSC1(CNc2ccc(N)c3ncccc23)CC1. The molecule has 0 atom stereocenters. The Bertz CT molecular complexity index is 578. The first-order valence-corrected chi connectivity index (χ1v) is 7.39. The molecule has 1 fully saturated rings. The van der Waals surface area contributed by atoms with Crippen molar-refractivity contribution in [3.05, 3.63) is 30.5 Å². The molecule has 3 N–H and O–H groups in total. The van der Waals surface area contributed by atoms with E-state index in [4.69, 9.17) is 5.73 Å². The van der Waals surface area contributed by atoms with Gasteiger partial charge in [-0.25, -0.2) is 0 Å². The van der Waals surface area contributed by atoms with E-state index in [0.29, 0.717) is 4.75 Å². The number of benzene rings is 1. The third-order valence-corrected chi connectivity index (χ3v) is 5.06. The van der Waals surface area contributed by atoms with Gasteiger partial charge in [0.15, 0.2) is 0 Å². The average Bonchev–Trinajstić information content (AvgIpc) is 3.19. The van der Waals surface area contributed by atoms with Crippen molar-refractivity contribution in [3.63, 3.8) is 0 Å². The molecule has 1 aliphatic carbocycles. The number of nitrogens with one attached hydrogen (secondary N) is 1. The summed E-state index contributed by atoms with van der Waals surface area (Å²) in [4.78, 5) is 4.35. The smallest absolute Gasteiger partial charge is 0.0951 e. The lowest BCUT2D eigenvalue weighted by Crippen LogP contribution is -2.17. The Balaban J connectivity index is 1.90. The molecule has 3 nitrogen and oxygen atoms in total. The number of nitrogen functional groups attached to an aromatic ring is 1. The van der Waals surface area contributed by atoms with Crippen molar-refractivity contribution in [1.82, 2.24) is 4.98 Å². The van der Waals surface area contributed by atoms with Crippen LogP contribution in [0.4, 0.5) is 11.4 Å². The Morgan fingerprint density at radius 1 is 1.39 bits per heavy atom. The van der Waals surface area contributed by atoms with Gasteiger partial charge >= 0.3 is 0 Å². The molecule has 0 spiro atoms. The van der Waals surface area contributed by atoms with Crippen molar-refractivity contribution < 1.29 is 0 Å². The van der Waals surface area contributed by atoms with E-state index in [0.717, 1.165) is 28.8 Å². The van der Waals surface area contributed by atoms with Gasteiger partial charge in [0.05, 0.1) is 11.2 Å². The normalized spacial score (nSPS) is 16.7. The van der Waals surface area contributed by atoms with Crippen molar-refractivity contribution in [2.24, 2.45) is 0 Å². The molecule has 2 aromatic rings. The largest absolute Gasteiger partial charge is 0.397 e. The zero-order valence-electron chi connectivity index (χ0n) is 10.4. The second kappa shape index (κ2) is 4.35. The van der Waals surface area contributed by atoms with Gasteiger partial charge < -0.3 is 11.1 Å². The molecular formula is C14H17N3S. The number of fused-ring (bicyclic) bond motifs is 1. The Morgan fingerprint density at radius 3 is 2.94 bits per heavy atom. The molecule has 4 heteroatoms. The van der Waals surface area contributed by atoms with E-state index in [1.54, 1.807) is 6.20 Å². The van der Waals surface area contributed by atoms with Gasteiger partial charge in [0, 0.05) is 28.6 Å². The van der Waals surface area contributed by atoms with Crippen LogP contribution >= 0.6 is 11.8 Å². The van der Waals surface area contributed by atoms with Crippen molar-refractivity contribution in [2.45, 2.75) is 17.6 Å². The molecule has 1 heterocycles. The molecule has 0 saturated heterocycles.